The molecule has 0 spiro atoms. The second-order valence-electron chi connectivity index (χ2n) is 2.02. The van der Waals surface area contributed by atoms with Crippen LogP contribution in [0.3, 0.4) is 0 Å². The number of rotatable bonds is 0. The summed E-state index contributed by atoms with van der Waals surface area (Å²) in [5.41, 5.74) is 10.1. The molecule has 0 saturated heterocycles. The Balaban J connectivity index is 0. The van der Waals surface area contributed by atoms with Crippen LogP contribution >= 0.6 is 0 Å². The minimum absolute atomic E-state index is 0.343. The Morgan fingerprint density at radius 1 is 1.36 bits per heavy atom. The highest BCUT2D eigenvalue weighted by Gasteiger charge is 1.82. The van der Waals surface area contributed by atoms with Crippen LogP contribution in [0.2, 0.25) is 0 Å². The second-order valence-corrected chi connectivity index (χ2v) is 3.43. The molecule has 0 aliphatic carbocycles. The van der Waals surface area contributed by atoms with Crippen LogP contribution in [-0.2, 0) is 10.1 Å². The molecule has 0 atom stereocenters. The van der Waals surface area contributed by atoms with Crippen LogP contribution in [0.15, 0.2) is 0 Å². The lowest BCUT2D eigenvalue weighted by atomic mass is 10.9. The van der Waals surface area contributed by atoms with E-state index in [1.54, 1.807) is 18.7 Å². The predicted molar refractivity (Wildman–Crippen MR) is 41.1 cm³/mol. The Morgan fingerprint density at radius 2 is 1.45 bits per heavy atom. The molecule has 0 aromatic heterocycles. The average molecular weight is 183 g/mol. The molecule has 4 N–H and O–H groups in total. The van der Waals surface area contributed by atoms with Gasteiger partial charge in [0.05, 0.1) is 24.2 Å². The minimum Gasteiger partial charge on any atom is -0.748 e. The summed E-state index contributed by atoms with van der Waals surface area (Å²) in [6.07, 6.45) is 0.604. The van der Waals surface area contributed by atoms with Crippen molar-refractivity contribution >= 4 is 16.1 Å². The van der Waals surface area contributed by atoms with E-state index < -0.39 is 10.1 Å². The van der Waals surface area contributed by atoms with Gasteiger partial charge in [0.2, 0.25) is 0 Å². The van der Waals surface area contributed by atoms with Gasteiger partial charge in [-0.05, 0) is 0 Å². The standard InChI is InChI=1S/C3H9N3.CH4O3S/c1-6(2)3(4)5;1-5(2,3)4/h1-2H3,(H3,4,5);1H3,(H,2,3,4). The third kappa shape index (κ3) is 46.8. The molecular formula is C4H13N3O3S. The largest absolute Gasteiger partial charge is 0.748 e. The fraction of sp³-hybridized carbons (Fsp3) is 0.750. The molecule has 0 bridgehead atoms. The molecule has 0 radical (unpaired) electrons. The van der Waals surface area contributed by atoms with Crippen molar-refractivity contribution in [1.29, 1.82) is 0 Å². The fourth-order valence-corrected chi connectivity index (χ4v) is 0. The van der Waals surface area contributed by atoms with E-state index in [4.69, 9.17) is 24.4 Å². The van der Waals surface area contributed by atoms with Gasteiger partial charge < -0.3 is 4.55 Å². The van der Waals surface area contributed by atoms with Gasteiger partial charge in [-0.1, -0.05) is 0 Å². The van der Waals surface area contributed by atoms with Crippen molar-refractivity contribution in [3.05, 3.63) is 0 Å². The average Bonchev–Trinajstić information content (AvgIpc) is 1.59. The Hall–Kier alpha value is -0.820. The lowest BCUT2D eigenvalue weighted by molar-refractivity contribution is -0.466. The maximum Gasteiger partial charge on any atom is 0.340 e. The van der Waals surface area contributed by atoms with E-state index in [2.05, 4.69) is 0 Å². The molecule has 0 heterocycles. The van der Waals surface area contributed by atoms with Crippen molar-refractivity contribution in [1.82, 2.24) is 0 Å². The Bertz CT molecular complexity index is 205. The Morgan fingerprint density at radius 3 is 1.45 bits per heavy atom. The second kappa shape index (κ2) is 4.91. The smallest absolute Gasteiger partial charge is 0.340 e. The summed E-state index contributed by atoms with van der Waals surface area (Å²) in [6, 6.07) is 0. The maximum absolute atomic E-state index is 9.08. The highest BCUT2D eigenvalue weighted by molar-refractivity contribution is 7.84. The summed E-state index contributed by atoms with van der Waals surface area (Å²) >= 11 is 0. The zero-order valence-corrected chi connectivity index (χ0v) is 7.55. The predicted octanol–water partition coefficient (Wildman–Crippen LogP) is -2.31. The van der Waals surface area contributed by atoms with Gasteiger partial charge in [0.1, 0.15) is 0 Å². The van der Waals surface area contributed by atoms with Crippen molar-refractivity contribution in [2.45, 2.75) is 0 Å². The van der Waals surface area contributed by atoms with E-state index in [1.807, 2.05) is 0 Å². The van der Waals surface area contributed by atoms with Gasteiger partial charge in [-0.3, -0.25) is 16.0 Å². The van der Waals surface area contributed by atoms with E-state index >= 15 is 0 Å². The molecule has 0 unspecified atom stereocenters. The van der Waals surface area contributed by atoms with Crippen LogP contribution in [0.25, 0.3) is 0 Å². The molecular weight excluding hydrogens is 170 g/mol. The molecule has 68 valence electrons. The number of nitrogens with zero attached hydrogens (tertiary/aromatic N) is 1. The SMILES string of the molecule is CS(=O)(=O)[O-].C[N+](C)=C(N)N. The van der Waals surface area contributed by atoms with Crippen LogP contribution < -0.4 is 11.5 Å². The van der Waals surface area contributed by atoms with Crippen LogP contribution in [0.4, 0.5) is 0 Å². The molecule has 0 aliphatic heterocycles. The van der Waals surface area contributed by atoms with Crippen molar-refractivity contribution in [2.75, 3.05) is 20.4 Å². The van der Waals surface area contributed by atoms with Gasteiger partial charge in [-0.25, -0.2) is 8.42 Å². The zero-order chi connectivity index (χ0) is 9.65. The van der Waals surface area contributed by atoms with E-state index in [1.165, 1.54) is 0 Å². The molecule has 0 aromatic rings. The third-order valence-electron chi connectivity index (χ3n) is 0.516. The molecule has 0 fully saturated rings. The summed E-state index contributed by atoms with van der Waals surface area (Å²) < 4.78 is 28.9. The van der Waals surface area contributed by atoms with E-state index in [0.29, 0.717) is 12.2 Å². The zero-order valence-electron chi connectivity index (χ0n) is 6.73. The fourth-order valence-electron chi connectivity index (χ4n) is 0. The Labute approximate surface area is 66.3 Å². The summed E-state index contributed by atoms with van der Waals surface area (Å²) in [5.74, 6) is 0.343. The highest BCUT2D eigenvalue weighted by Crippen LogP contribution is 1.59. The molecule has 0 aromatic carbocycles. The number of hydrogen-bond acceptors (Lipinski definition) is 3. The summed E-state index contributed by atoms with van der Waals surface area (Å²) in [4.78, 5) is 0. The van der Waals surface area contributed by atoms with Crippen LogP contribution in [0.5, 0.6) is 0 Å². The van der Waals surface area contributed by atoms with Gasteiger partial charge >= 0.3 is 5.96 Å². The first-order chi connectivity index (χ1) is 4.64. The first-order valence-electron chi connectivity index (χ1n) is 2.60. The monoisotopic (exact) mass is 183 g/mol. The number of guanidine groups is 1. The Kier molecular flexibility index (Phi) is 5.73. The highest BCUT2D eigenvalue weighted by atomic mass is 32.2. The normalized spacial score (nSPS) is 9.45. The molecule has 7 heteroatoms. The van der Waals surface area contributed by atoms with Crippen molar-refractivity contribution in [2.24, 2.45) is 11.5 Å². The van der Waals surface area contributed by atoms with Crippen LogP contribution in [0.1, 0.15) is 0 Å². The maximum atomic E-state index is 9.08. The van der Waals surface area contributed by atoms with Crippen LogP contribution in [0, 0.1) is 0 Å². The van der Waals surface area contributed by atoms with Crippen molar-refractivity contribution in [3.63, 3.8) is 0 Å². The minimum atomic E-state index is -3.92. The molecule has 0 aliphatic rings. The van der Waals surface area contributed by atoms with Crippen molar-refractivity contribution < 1.29 is 17.5 Å². The van der Waals surface area contributed by atoms with Crippen molar-refractivity contribution in [3.8, 4) is 0 Å². The molecule has 0 rings (SSSR count). The topological polar surface area (TPSA) is 112 Å². The molecule has 0 amide bonds. The van der Waals surface area contributed by atoms with Gasteiger partial charge in [0, 0.05) is 6.26 Å². The number of hydrogen-bond donors (Lipinski definition) is 2. The molecule has 0 saturated carbocycles. The van der Waals surface area contributed by atoms with E-state index in [0.717, 1.165) is 0 Å². The number of nitrogens with two attached hydrogens (primary N) is 2. The molecule has 11 heavy (non-hydrogen) atoms. The van der Waals surface area contributed by atoms with Crippen LogP contribution in [-0.4, -0.2) is 43.9 Å². The van der Waals surface area contributed by atoms with E-state index in [-0.39, 0.29) is 0 Å². The quantitative estimate of drug-likeness (QED) is 0.190. The summed E-state index contributed by atoms with van der Waals surface area (Å²) in [6.45, 7) is 0. The molecule has 6 nitrogen and oxygen atoms in total. The first kappa shape index (κ1) is 12.8. The third-order valence-corrected chi connectivity index (χ3v) is 0.516. The summed E-state index contributed by atoms with van der Waals surface area (Å²) in [7, 11) is -0.343. The first-order valence-corrected chi connectivity index (χ1v) is 4.42. The summed E-state index contributed by atoms with van der Waals surface area (Å²) in [5, 5.41) is 0. The lowest BCUT2D eigenvalue weighted by Gasteiger charge is -1.90. The van der Waals surface area contributed by atoms with Gasteiger partial charge in [0.15, 0.2) is 0 Å². The lowest BCUT2D eigenvalue weighted by Crippen LogP contribution is -2.31. The van der Waals surface area contributed by atoms with Gasteiger partial charge in [-0.15, -0.1) is 0 Å². The van der Waals surface area contributed by atoms with Gasteiger partial charge in [-0.2, -0.15) is 0 Å². The van der Waals surface area contributed by atoms with Gasteiger partial charge in [0.25, 0.3) is 0 Å². The van der Waals surface area contributed by atoms with E-state index in [9.17, 15) is 0 Å².